The zero-order chi connectivity index (χ0) is 9.42. The van der Waals surface area contributed by atoms with Crippen molar-refractivity contribution < 1.29 is 0 Å². The molecule has 68 valence electrons. The molecule has 0 unspecified atom stereocenters. The van der Waals surface area contributed by atoms with Crippen LogP contribution < -0.4 is 5.73 Å². The summed E-state index contributed by atoms with van der Waals surface area (Å²) in [5.41, 5.74) is 8.11. The summed E-state index contributed by atoms with van der Waals surface area (Å²) in [4.78, 5) is 0. The van der Waals surface area contributed by atoms with Crippen LogP contribution in [0.25, 0.3) is 10.1 Å². The second-order valence-corrected chi connectivity index (χ2v) is 4.66. The summed E-state index contributed by atoms with van der Waals surface area (Å²) in [6.07, 6.45) is 1.01. The maximum absolute atomic E-state index is 5.94. The summed E-state index contributed by atoms with van der Waals surface area (Å²) >= 11 is 5.30. The lowest BCUT2D eigenvalue weighted by atomic mass is 10.1. The van der Waals surface area contributed by atoms with Crippen molar-refractivity contribution in [2.24, 2.45) is 0 Å². The summed E-state index contributed by atoms with van der Waals surface area (Å²) in [6, 6.07) is 4.17. The number of thiophene rings is 1. The van der Waals surface area contributed by atoms with E-state index in [0.29, 0.717) is 0 Å². The third-order valence-electron chi connectivity index (χ3n) is 2.16. The average molecular weight is 256 g/mol. The number of hydrogen-bond acceptors (Lipinski definition) is 2. The first-order valence-electron chi connectivity index (χ1n) is 4.18. The lowest BCUT2D eigenvalue weighted by Crippen LogP contribution is -1.89. The Balaban J connectivity index is 2.85. The molecule has 1 heterocycles. The normalized spacial score (nSPS) is 10.9. The molecule has 1 aromatic heterocycles. The molecular formula is C10H10BrNS. The number of nitrogens with two attached hydrogens (primary N) is 1. The molecule has 0 bridgehead atoms. The van der Waals surface area contributed by atoms with Crippen LogP contribution in [0.3, 0.4) is 0 Å². The van der Waals surface area contributed by atoms with Gasteiger partial charge >= 0.3 is 0 Å². The van der Waals surface area contributed by atoms with E-state index < -0.39 is 0 Å². The molecule has 2 aromatic rings. The van der Waals surface area contributed by atoms with Gasteiger partial charge in [0.2, 0.25) is 0 Å². The first kappa shape index (κ1) is 9.03. The van der Waals surface area contributed by atoms with Gasteiger partial charge in [-0.2, -0.15) is 0 Å². The summed E-state index contributed by atoms with van der Waals surface area (Å²) in [5.74, 6) is 0. The van der Waals surface area contributed by atoms with Gasteiger partial charge in [0.1, 0.15) is 0 Å². The summed E-state index contributed by atoms with van der Waals surface area (Å²) in [6.45, 7) is 2.14. The second kappa shape index (κ2) is 3.31. The van der Waals surface area contributed by atoms with Gasteiger partial charge in [-0.25, -0.2) is 0 Å². The van der Waals surface area contributed by atoms with Crippen molar-refractivity contribution in [1.29, 1.82) is 0 Å². The van der Waals surface area contributed by atoms with E-state index in [1.54, 1.807) is 11.3 Å². The van der Waals surface area contributed by atoms with Crippen molar-refractivity contribution >= 4 is 43.0 Å². The van der Waals surface area contributed by atoms with Crippen molar-refractivity contribution in [3.63, 3.8) is 0 Å². The lowest BCUT2D eigenvalue weighted by molar-refractivity contribution is 1.14. The van der Waals surface area contributed by atoms with E-state index in [4.69, 9.17) is 5.73 Å². The highest BCUT2D eigenvalue weighted by molar-refractivity contribution is 9.10. The Kier molecular flexibility index (Phi) is 2.30. The topological polar surface area (TPSA) is 26.0 Å². The molecule has 0 atom stereocenters. The Labute approximate surface area is 89.7 Å². The smallest absolute Gasteiger partial charge is 0.0583 e. The molecule has 0 saturated carbocycles. The van der Waals surface area contributed by atoms with Gasteiger partial charge in [0.05, 0.1) is 4.70 Å². The van der Waals surface area contributed by atoms with Crippen LogP contribution in [0.2, 0.25) is 0 Å². The van der Waals surface area contributed by atoms with Gasteiger partial charge in [0.15, 0.2) is 0 Å². The maximum Gasteiger partial charge on any atom is 0.0583 e. The van der Waals surface area contributed by atoms with Crippen molar-refractivity contribution in [2.75, 3.05) is 5.73 Å². The Morgan fingerprint density at radius 2 is 2.31 bits per heavy atom. The predicted octanol–water partition coefficient (Wildman–Crippen LogP) is 3.81. The molecule has 3 heteroatoms. The Bertz CT molecular complexity index is 447. The minimum absolute atomic E-state index is 0.894. The molecule has 2 N–H and O–H groups in total. The number of anilines is 1. The van der Waals surface area contributed by atoms with Crippen LogP contribution in [-0.2, 0) is 6.42 Å². The summed E-state index contributed by atoms with van der Waals surface area (Å²) in [7, 11) is 0. The fourth-order valence-electron chi connectivity index (χ4n) is 1.45. The van der Waals surface area contributed by atoms with Crippen LogP contribution in [0.15, 0.2) is 22.0 Å². The third kappa shape index (κ3) is 1.36. The molecule has 1 nitrogen and oxygen atoms in total. The summed E-state index contributed by atoms with van der Waals surface area (Å²) in [5, 5.41) is 3.31. The summed E-state index contributed by atoms with van der Waals surface area (Å²) < 4.78 is 2.38. The van der Waals surface area contributed by atoms with Crippen molar-refractivity contribution in [3.05, 3.63) is 27.5 Å². The first-order chi connectivity index (χ1) is 6.24. The molecule has 0 saturated heterocycles. The Morgan fingerprint density at radius 3 is 3.00 bits per heavy atom. The average Bonchev–Trinajstić information content (AvgIpc) is 2.60. The van der Waals surface area contributed by atoms with Crippen molar-refractivity contribution in [1.82, 2.24) is 0 Å². The largest absolute Gasteiger partial charge is 0.398 e. The Morgan fingerprint density at radius 1 is 1.54 bits per heavy atom. The van der Waals surface area contributed by atoms with Crippen LogP contribution in [0.1, 0.15) is 12.5 Å². The third-order valence-corrected chi connectivity index (χ3v) is 4.06. The van der Waals surface area contributed by atoms with E-state index in [1.807, 2.05) is 0 Å². The van der Waals surface area contributed by atoms with Crippen LogP contribution >= 0.6 is 27.3 Å². The highest BCUT2D eigenvalue weighted by Crippen LogP contribution is 2.35. The fraction of sp³-hybridized carbons (Fsp3) is 0.200. The highest BCUT2D eigenvalue weighted by atomic mass is 79.9. The molecule has 0 fully saturated rings. The van der Waals surface area contributed by atoms with Gasteiger partial charge in [-0.05, 0) is 45.4 Å². The van der Waals surface area contributed by atoms with Crippen LogP contribution in [-0.4, -0.2) is 0 Å². The van der Waals surface area contributed by atoms with E-state index in [0.717, 1.165) is 12.1 Å². The molecular weight excluding hydrogens is 246 g/mol. The zero-order valence-corrected chi connectivity index (χ0v) is 9.71. The lowest BCUT2D eigenvalue weighted by Gasteiger charge is -2.05. The van der Waals surface area contributed by atoms with Crippen LogP contribution in [0.5, 0.6) is 0 Å². The number of halogens is 1. The standard InChI is InChI=1S/C10H10BrNS/c1-2-6-5-8(12)10-7(9(6)11)3-4-13-10/h3-5H,2,12H2,1H3. The molecule has 0 aliphatic rings. The van der Waals surface area contributed by atoms with Crippen LogP contribution in [0.4, 0.5) is 5.69 Å². The number of fused-ring (bicyclic) bond motifs is 1. The molecule has 0 spiro atoms. The van der Waals surface area contributed by atoms with Gasteiger partial charge in [-0.3, -0.25) is 0 Å². The molecule has 1 aromatic carbocycles. The van der Waals surface area contributed by atoms with Crippen LogP contribution in [0, 0.1) is 0 Å². The van der Waals surface area contributed by atoms with Crippen molar-refractivity contribution in [2.45, 2.75) is 13.3 Å². The fourth-order valence-corrected chi connectivity index (χ4v) is 3.14. The quantitative estimate of drug-likeness (QED) is 0.771. The number of benzene rings is 1. The number of aryl methyl sites for hydroxylation is 1. The monoisotopic (exact) mass is 255 g/mol. The van der Waals surface area contributed by atoms with E-state index >= 15 is 0 Å². The van der Waals surface area contributed by atoms with Gasteiger partial charge in [-0.1, -0.05) is 6.92 Å². The van der Waals surface area contributed by atoms with E-state index in [1.165, 1.54) is 20.1 Å². The molecule has 0 amide bonds. The van der Waals surface area contributed by atoms with Gasteiger partial charge in [0, 0.05) is 15.5 Å². The minimum Gasteiger partial charge on any atom is -0.398 e. The second-order valence-electron chi connectivity index (χ2n) is 2.96. The molecule has 2 rings (SSSR count). The molecule has 0 radical (unpaired) electrons. The molecule has 0 aliphatic carbocycles. The maximum atomic E-state index is 5.94. The van der Waals surface area contributed by atoms with E-state index in [9.17, 15) is 0 Å². The zero-order valence-electron chi connectivity index (χ0n) is 7.30. The minimum atomic E-state index is 0.894. The molecule has 0 aliphatic heterocycles. The molecule has 13 heavy (non-hydrogen) atoms. The number of hydrogen-bond donors (Lipinski definition) is 1. The number of nitrogen functional groups attached to an aromatic ring is 1. The Hall–Kier alpha value is -0.540. The van der Waals surface area contributed by atoms with E-state index in [2.05, 4.69) is 40.4 Å². The SMILES string of the molecule is CCc1cc(N)c2sccc2c1Br. The predicted molar refractivity (Wildman–Crippen MR) is 63.3 cm³/mol. The van der Waals surface area contributed by atoms with Gasteiger partial charge in [0.25, 0.3) is 0 Å². The van der Waals surface area contributed by atoms with E-state index in [-0.39, 0.29) is 0 Å². The highest BCUT2D eigenvalue weighted by Gasteiger charge is 2.07. The van der Waals surface area contributed by atoms with Gasteiger partial charge < -0.3 is 5.73 Å². The first-order valence-corrected chi connectivity index (χ1v) is 5.85. The van der Waals surface area contributed by atoms with Crippen molar-refractivity contribution in [3.8, 4) is 0 Å². The number of rotatable bonds is 1. The van der Waals surface area contributed by atoms with Gasteiger partial charge in [-0.15, -0.1) is 11.3 Å².